The zero-order valence-electron chi connectivity index (χ0n) is 10.6. The molecule has 6 heteroatoms. The van der Waals surface area contributed by atoms with Crippen molar-refractivity contribution in [3.05, 3.63) is 30.1 Å². The number of anilines is 1. The van der Waals surface area contributed by atoms with Crippen molar-refractivity contribution in [3.8, 4) is 0 Å². The van der Waals surface area contributed by atoms with Crippen molar-refractivity contribution in [1.82, 2.24) is 0 Å². The first-order valence-electron chi connectivity index (χ1n) is 5.91. The zero-order chi connectivity index (χ0) is 14.3. The summed E-state index contributed by atoms with van der Waals surface area (Å²) in [5.41, 5.74) is 0.161. The van der Waals surface area contributed by atoms with Gasteiger partial charge in [-0.25, -0.2) is 4.39 Å². The second-order valence-electron chi connectivity index (χ2n) is 3.82. The minimum Gasteiger partial charge on any atom is -0.480 e. The van der Waals surface area contributed by atoms with Crippen LogP contribution in [0.1, 0.15) is 13.3 Å². The van der Waals surface area contributed by atoms with Crippen LogP contribution >= 0.6 is 0 Å². The van der Waals surface area contributed by atoms with Gasteiger partial charge in [0.2, 0.25) is 0 Å². The minimum absolute atomic E-state index is 0.00938. The fourth-order valence-corrected chi connectivity index (χ4v) is 1.62. The predicted octanol–water partition coefficient (Wildman–Crippen LogP) is 1.67. The van der Waals surface area contributed by atoms with E-state index in [9.17, 15) is 14.0 Å². The SMILES string of the molecule is CCOC(=O)CCN(CC(=O)O)c1ccccc1F. The molecule has 0 aliphatic heterocycles. The molecule has 0 bridgehead atoms. The summed E-state index contributed by atoms with van der Waals surface area (Å²) < 4.78 is 18.4. The number of nitrogens with zero attached hydrogens (tertiary/aromatic N) is 1. The fourth-order valence-electron chi connectivity index (χ4n) is 1.62. The monoisotopic (exact) mass is 269 g/mol. The Morgan fingerprint density at radius 2 is 2.05 bits per heavy atom. The molecule has 0 fully saturated rings. The number of hydrogen-bond donors (Lipinski definition) is 1. The van der Waals surface area contributed by atoms with Crippen LogP contribution in [0.15, 0.2) is 24.3 Å². The molecule has 0 saturated carbocycles. The van der Waals surface area contributed by atoms with Crippen LogP contribution in [0, 0.1) is 5.82 Å². The lowest BCUT2D eigenvalue weighted by atomic mass is 10.2. The molecular weight excluding hydrogens is 253 g/mol. The summed E-state index contributed by atoms with van der Waals surface area (Å²) in [5.74, 6) is -2.05. The van der Waals surface area contributed by atoms with E-state index in [0.717, 1.165) is 0 Å². The highest BCUT2D eigenvalue weighted by atomic mass is 19.1. The van der Waals surface area contributed by atoms with E-state index in [2.05, 4.69) is 0 Å². The highest BCUT2D eigenvalue weighted by Gasteiger charge is 2.16. The molecule has 0 aromatic heterocycles. The van der Waals surface area contributed by atoms with Crippen LogP contribution in [0.4, 0.5) is 10.1 Å². The number of benzene rings is 1. The van der Waals surface area contributed by atoms with Crippen LogP contribution in [0.3, 0.4) is 0 Å². The largest absolute Gasteiger partial charge is 0.480 e. The van der Waals surface area contributed by atoms with Crippen LogP contribution in [0.25, 0.3) is 0 Å². The molecule has 0 aliphatic carbocycles. The predicted molar refractivity (Wildman–Crippen MR) is 67.5 cm³/mol. The molecule has 5 nitrogen and oxygen atoms in total. The number of carboxylic acid groups (broad SMARTS) is 1. The molecule has 0 spiro atoms. The summed E-state index contributed by atoms with van der Waals surface area (Å²) in [4.78, 5) is 23.3. The average Bonchev–Trinajstić information content (AvgIpc) is 2.35. The van der Waals surface area contributed by atoms with Crippen molar-refractivity contribution >= 4 is 17.6 Å². The molecule has 0 aliphatic rings. The first kappa shape index (κ1) is 14.9. The standard InChI is InChI=1S/C13H16FNO4/c1-2-19-13(18)7-8-15(9-12(16)17)11-6-4-3-5-10(11)14/h3-6H,2,7-9H2,1H3,(H,16,17). The Kier molecular flexibility index (Phi) is 5.78. The molecule has 1 aromatic carbocycles. The molecule has 0 unspecified atom stereocenters. The minimum atomic E-state index is -1.09. The van der Waals surface area contributed by atoms with Crippen molar-refractivity contribution in [3.63, 3.8) is 0 Å². The van der Waals surface area contributed by atoms with Crippen molar-refractivity contribution < 1.29 is 23.8 Å². The number of esters is 1. The molecule has 0 radical (unpaired) electrons. The Labute approximate surface area is 110 Å². The van der Waals surface area contributed by atoms with Gasteiger partial charge in [0.05, 0.1) is 18.7 Å². The van der Waals surface area contributed by atoms with E-state index in [0.29, 0.717) is 0 Å². The quantitative estimate of drug-likeness (QED) is 0.763. The Morgan fingerprint density at radius 3 is 2.63 bits per heavy atom. The smallest absolute Gasteiger partial charge is 0.323 e. The van der Waals surface area contributed by atoms with Crippen molar-refractivity contribution in [2.75, 3.05) is 24.6 Å². The number of carbonyl (C=O) groups is 2. The highest BCUT2D eigenvalue weighted by molar-refractivity contribution is 5.75. The maximum absolute atomic E-state index is 13.6. The number of hydrogen-bond acceptors (Lipinski definition) is 4. The third-order valence-electron chi connectivity index (χ3n) is 2.41. The first-order chi connectivity index (χ1) is 9.04. The van der Waals surface area contributed by atoms with Crippen LogP contribution < -0.4 is 4.90 Å². The first-order valence-corrected chi connectivity index (χ1v) is 5.91. The average molecular weight is 269 g/mol. The van der Waals surface area contributed by atoms with E-state index in [1.54, 1.807) is 13.0 Å². The third kappa shape index (κ3) is 4.95. The molecule has 104 valence electrons. The number of ether oxygens (including phenoxy) is 1. The van der Waals surface area contributed by atoms with Gasteiger partial charge in [-0.3, -0.25) is 9.59 Å². The Hall–Kier alpha value is -2.11. The van der Waals surface area contributed by atoms with E-state index < -0.39 is 17.8 Å². The number of para-hydroxylation sites is 1. The Balaban J connectivity index is 2.75. The van der Waals surface area contributed by atoms with Crippen molar-refractivity contribution in [2.45, 2.75) is 13.3 Å². The van der Waals surface area contributed by atoms with E-state index in [4.69, 9.17) is 9.84 Å². The van der Waals surface area contributed by atoms with Gasteiger partial charge < -0.3 is 14.7 Å². The molecule has 0 amide bonds. The van der Waals surface area contributed by atoms with Gasteiger partial charge in [-0.1, -0.05) is 12.1 Å². The van der Waals surface area contributed by atoms with Crippen LogP contribution in [0.2, 0.25) is 0 Å². The summed E-state index contributed by atoms with van der Waals surface area (Å²) in [6, 6.07) is 5.85. The van der Waals surface area contributed by atoms with Gasteiger partial charge >= 0.3 is 11.9 Å². The summed E-state index contributed by atoms with van der Waals surface area (Å²) >= 11 is 0. The highest BCUT2D eigenvalue weighted by Crippen LogP contribution is 2.18. The second kappa shape index (κ2) is 7.35. The van der Waals surface area contributed by atoms with Crippen LogP contribution in [-0.2, 0) is 14.3 Å². The van der Waals surface area contributed by atoms with Crippen LogP contribution in [0.5, 0.6) is 0 Å². The lowest BCUT2D eigenvalue weighted by molar-refractivity contribution is -0.143. The molecular formula is C13H16FNO4. The van der Waals surface area contributed by atoms with E-state index in [-0.39, 0.29) is 31.8 Å². The van der Waals surface area contributed by atoms with Crippen molar-refractivity contribution in [2.24, 2.45) is 0 Å². The van der Waals surface area contributed by atoms with Crippen LogP contribution in [-0.4, -0.2) is 36.7 Å². The lowest BCUT2D eigenvalue weighted by Crippen LogP contribution is -2.32. The molecule has 1 N–H and O–H groups in total. The van der Waals surface area contributed by atoms with Gasteiger partial charge in [-0.05, 0) is 19.1 Å². The Bertz CT molecular complexity index is 450. The zero-order valence-corrected chi connectivity index (χ0v) is 10.6. The van der Waals surface area contributed by atoms with Gasteiger partial charge in [-0.2, -0.15) is 0 Å². The Morgan fingerprint density at radius 1 is 1.37 bits per heavy atom. The van der Waals surface area contributed by atoms with Gasteiger partial charge in [-0.15, -0.1) is 0 Å². The van der Waals surface area contributed by atoms with E-state index >= 15 is 0 Å². The van der Waals surface area contributed by atoms with E-state index in [1.807, 2.05) is 0 Å². The maximum Gasteiger partial charge on any atom is 0.323 e. The number of aliphatic carboxylic acids is 1. The third-order valence-corrected chi connectivity index (χ3v) is 2.41. The van der Waals surface area contributed by atoms with E-state index in [1.165, 1.54) is 23.1 Å². The fraction of sp³-hybridized carbons (Fsp3) is 0.385. The van der Waals surface area contributed by atoms with Gasteiger partial charge in [0.15, 0.2) is 0 Å². The number of carboxylic acids is 1. The maximum atomic E-state index is 13.6. The lowest BCUT2D eigenvalue weighted by Gasteiger charge is -2.22. The second-order valence-corrected chi connectivity index (χ2v) is 3.82. The van der Waals surface area contributed by atoms with Gasteiger partial charge in [0.25, 0.3) is 0 Å². The molecule has 0 heterocycles. The topological polar surface area (TPSA) is 66.8 Å². The number of rotatable bonds is 7. The summed E-state index contributed by atoms with van der Waals surface area (Å²) in [6.07, 6.45) is 0.00938. The van der Waals surface area contributed by atoms with Gasteiger partial charge in [0.1, 0.15) is 12.4 Å². The summed E-state index contributed by atoms with van der Waals surface area (Å²) in [6.45, 7) is 1.66. The normalized spacial score (nSPS) is 10.0. The summed E-state index contributed by atoms with van der Waals surface area (Å²) in [7, 11) is 0. The summed E-state index contributed by atoms with van der Waals surface area (Å²) in [5, 5.41) is 8.82. The van der Waals surface area contributed by atoms with Crippen molar-refractivity contribution in [1.29, 1.82) is 0 Å². The molecule has 19 heavy (non-hydrogen) atoms. The molecule has 0 atom stereocenters. The molecule has 0 saturated heterocycles. The number of carbonyl (C=O) groups excluding carboxylic acids is 1. The number of halogens is 1. The molecule has 1 rings (SSSR count). The molecule has 1 aromatic rings. The van der Waals surface area contributed by atoms with Gasteiger partial charge in [0, 0.05) is 6.54 Å².